The average molecular weight is 279 g/mol. The van der Waals surface area contributed by atoms with Gasteiger partial charge in [-0.1, -0.05) is 20.8 Å². The molecule has 0 spiro atoms. The first kappa shape index (κ1) is 15.0. The molecule has 0 bridgehead atoms. The molecule has 1 aliphatic rings. The number of nitrogens with zero attached hydrogens (tertiary/aromatic N) is 2. The number of anilines is 2. The Morgan fingerprint density at radius 2 is 2.00 bits per heavy atom. The monoisotopic (exact) mass is 279 g/mol. The summed E-state index contributed by atoms with van der Waals surface area (Å²) in [5, 5.41) is 13.3. The number of hydrogen-bond donors (Lipinski definition) is 4. The number of hydrazine groups is 1. The minimum absolute atomic E-state index is 0.140. The lowest BCUT2D eigenvalue weighted by Gasteiger charge is -2.49. The minimum atomic E-state index is -0.260. The third-order valence-electron chi connectivity index (χ3n) is 4.33. The summed E-state index contributed by atoms with van der Waals surface area (Å²) in [7, 11) is 0. The average Bonchev–Trinajstić information content (AvgIpc) is 2.41. The van der Waals surface area contributed by atoms with Gasteiger partial charge in [0, 0.05) is 23.4 Å². The third-order valence-corrected chi connectivity index (χ3v) is 4.33. The lowest BCUT2D eigenvalue weighted by Crippen LogP contribution is -2.57. The number of nitrogens with one attached hydrogen (secondary N) is 2. The van der Waals surface area contributed by atoms with Crippen LogP contribution < -0.4 is 16.6 Å². The summed E-state index contributed by atoms with van der Waals surface area (Å²) in [5.41, 5.74) is 3.40. The highest BCUT2D eigenvalue weighted by Gasteiger charge is 2.47. The molecule has 1 aromatic rings. The number of aliphatic hydroxyl groups is 1. The smallest absolute Gasteiger partial charge is 0.148 e. The number of aromatic nitrogens is 2. The van der Waals surface area contributed by atoms with E-state index in [1.54, 1.807) is 0 Å². The van der Waals surface area contributed by atoms with Crippen LogP contribution in [-0.4, -0.2) is 27.2 Å². The number of aliphatic hydroxyl groups excluding tert-OH is 1. The van der Waals surface area contributed by atoms with Gasteiger partial charge in [0.1, 0.15) is 17.5 Å². The Kier molecular flexibility index (Phi) is 4.15. The zero-order valence-electron chi connectivity index (χ0n) is 12.7. The molecule has 1 heterocycles. The van der Waals surface area contributed by atoms with Crippen LogP contribution in [0.1, 0.15) is 45.0 Å². The van der Waals surface area contributed by atoms with E-state index in [0.717, 1.165) is 36.5 Å². The summed E-state index contributed by atoms with van der Waals surface area (Å²) in [5.74, 6) is 7.78. The van der Waals surface area contributed by atoms with Crippen molar-refractivity contribution in [3.8, 4) is 0 Å². The van der Waals surface area contributed by atoms with Gasteiger partial charge in [-0.05, 0) is 19.8 Å². The molecule has 1 aliphatic carbocycles. The molecule has 1 saturated carbocycles. The Labute approximate surface area is 120 Å². The van der Waals surface area contributed by atoms with Crippen LogP contribution in [0.2, 0.25) is 0 Å². The maximum absolute atomic E-state index is 9.83. The Hall–Kier alpha value is -1.40. The molecule has 112 valence electrons. The molecule has 0 radical (unpaired) electrons. The molecular weight excluding hydrogens is 254 g/mol. The summed E-state index contributed by atoms with van der Waals surface area (Å²) in [6.45, 7) is 8.15. The quantitative estimate of drug-likeness (QED) is 0.483. The molecule has 0 saturated heterocycles. The summed E-state index contributed by atoms with van der Waals surface area (Å²) < 4.78 is 0. The van der Waals surface area contributed by atoms with Crippen LogP contribution in [-0.2, 0) is 6.42 Å². The standard InChI is InChI=1S/C14H25N5O/c1-5-6-11-17-12(8(2)13(18-11)19-15)16-9-7-10(20)14(9,3)4/h9-10,20H,5-7,15H2,1-4H3,(H2,16,17,18,19). The first-order valence-corrected chi connectivity index (χ1v) is 7.18. The molecule has 1 fully saturated rings. The highest BCUT2D eigenvalue weighted by molar-refractivity contribution is 5.57. The van der Waals surface area contributed by atoms with Gasteiger partial charge in [0.2, 0.25) is 0 Å². The van der Waals surface area contributed by atoms with Gasteiger partial charge in [-0.3, -0.25) is 0 Å². The van der Waals surface area contributed by atoms with E-state index in [-0.39, 0.29) is 17.6 Å². The van der Waals surface area contributed by atoms with E-state index in [1.807, 2.05) is 6.92 Å². The predicted octanol–water partition coefficient (Wildman–Crippen LogP) is 1.59. The van der Waals surface area contributed by atoms with Crippen LogP contribution in [0.15, 0.2) is 0 Å². The number of hydrogen-bond acceptors (Lipinski definition) is 6. The van der Waals surface area contributed by atoms with Gasteiger partial charge >= 0.3 is 0 Å². The van der Waals surface area contributed by atoms with Crippen LogP contribution in [0.3, 0.4) is 0 Å². The van der Waals surface area contributed by atoms with E-state index in [4.69, 9.17) is 5.84 Å². The molecule has 0 aliphatic heterocycles. The highest BCUT2D eigenvalue weighted by Crippen LogP contribution is 2.42. The predicted molar refractivity (Wildman–Crippen MR) is 80.4 cm³/mol. The maximum atomic E-state index is 9.83. The van der Waals surface area contributed by atoms with Crippen molar-refractivity contribution in [2.45, 2.75) is 59.1 Å². The fourth-order valence-electron chi connectivity index (χ4n) is 2.49. The second-order valence-electron chi connectivity index (χ2n) is 6.13. The molecule has 6 heteroatoms. The van der Waals surface area contributed by atoms with E-state index in [1.165, 1.54) is 0 Å². The van der Waals surface area contributed by atoms with Crippen molar-refractivity contribution in [1.29, 1.82) is 0 Å². The molecular formula is C14H25N5O. The van der Waals surface area contributed by atoms with Crippen LogP contribution in [0.4, 0.5) is 11.6 Å². The van der Waals surface area contributed by atoms with Gasteiger partial charge in [0.25, 0.3) is 0 Å². The second-order valence-corrected chi connectivity index (χ2v) is 6.13. The Morgan fingerprint density at radius 1 is 1.35 bits per heavy atom. The lowest BCUT2D eigenvalue weighted by atomic mass is 9.64. The molecule has 20 heavy (non-hydrogen) atoms. The maximum Gasteiger partial charge on any atom is 0.148 e. The van der Waals surface area contributed by atoms with Crippen molar-refractivity contribution in [2.24, 2.45) is 11.3 Å². The van der Waals surface area contributed by atoms with Crippen LogP contribution in [0.25, 0.3) is 0 Å². The fourth-order valence-corrected chi connectivity index (χ4v) is 2.49. The highest BCUT2D eigenvalue weighted by atomic mass is 16.3. The largest absolute Gasteiger partial charge is 0.392 e. The molecule has 2 atom stereocenters. The van der Waals surface area contributed by atoms with Crippen molar-refractivity contribution >= 4 is 11.6 Å². The van der Waals surface area contributed by atoms with Crippen molar-refractivity contribution < 1.29 is 5.11 Å². The first-order valence-electron chi connectivity index (χ1n) is 7.18. The topological polar surface area (TPSA) is 96.1 Å². The first-order chi connectivity index (χ1) is 9.40. The molecule has 6 nitrogen and oxygen atoms in total. The molecule has 2 unspecified atom stereocenters. The van der Waals surface area contributed by atoms with Crippen LogP contribution in [0.5, 0.6) is 0 Å². The number of aryl methyl sites for hydroxylation is 1. The Balaban J connectivity index is 2.24. The summed E-state index contributed by atoms with van der Waals surface area (Å²) in [6.07, 6.45) is 2.29. The normalized spacial score (nSPS) is 24.1. The van der Waals surface area contributed by atoms with Crippen molar-refractivity contribution in [1.82, 2.24) is 9.97 Å². The second kappa shape index (κ2) is 5.54. The van der Waals surface area contributed by atoms with Crippen LogP contribution in [0, 0.1) is 12.3 Å². The van der Waals surface area contributed by atoms with E-state index >= 15 is 0 Å². The van der Waals surface area contributed by atoms with Gasteiger partial charge in [0.15, 0.2) is 0 Å². The number of rotatable bonds is 5. The van der Waals surface area contributed by atoms with E-state index in [0.29, 0.717) is 5.82 Å². The van der Waals surface area contributed by atoms with E-state index in [9.17, 15) is 5.11 Å². The van der Waals surface area contributed by atoms with Crippen LogP contribution >= 0.6 is 0 Å². The fraction of sp³-hybridized carbons (Fsp3) is 0.714. The molecule has 5 N–H and O–H groups in total. The zero-order chi connectivity index (χ0) is 14.9. The van der Waals surface area contributed by atoms with Gasteiger partial charge in [-0.15, -0.1) is 0 Å². The Morgan fingerprint density at radius 3 is 2.50 bits per heavy atom. The summed E-state index contributed by atoms with van der Waals surface area (Å²) in [6, 6.07) is 0.214. The molecule has 2 rings (SSSR count). The van der Waals surface area contributed by atoms with E-state index in [2.05, 4.69) is 41.5 Å². The number of nitrogens with two attached hydrogens (primary N) is 1. The minimum Gasteiger partial charge on any atom is -0.392 e. The molecule has 1 aromatic heterocycles. The lowest BCUT2D eigenvalue weighted by molar-refractivity contribution is -0.0511. The van der Waals surface area contributed by atoms with Gasteiger partial charge in [0.05, 0.1) is 6.10 Å². The van der Waals surface area contributed by atoms with E-state index < -0.39 is 0 Å². The summed E-state index contributed by atoms with van der Waals surface area (Å²) >= 11 is 0. The SMILES string of the molecule is CCCc1nc(NN)c(C)c(NC2CC(O)C2(C)C)n1. The van der Waals surface area contributed by atoms with Crippen molar-refractivity contribution in [3.05, 3.63) is 11.4 Å². The third kappa shape index (κ3) is 2.58. The van der Waals surface area contributed by atoms with Crippen molar-refractivity contribution in [2.75, 3.05) is 10.7 Å². The Bertz CT molecular complexity index is 489. The molecule has 0 aromatic carbocycles. The van der Waals surface area contributed by atoms with Gasteiger partial charge in [-0.2, -0.15) is 0 Å². The zero-order valence-corrected chi connectivity index (χ0v) is 12.7. The summed E-state index contributed by atoms with van der Waals surface area (Å²) in [4.78, 5) is 8.99. The van der Waals surface area contributed by atoms with Crippen molar-refractivity contribution in [3.63, 3.8) is 0 Å². The number of nitrogen functional groups attached to an aromatic ring is 1. The molecule has 0 amide bonds. The van der Waals surface area contributed by atoms with Gasteiger partial charge < -0.3 is 15.8 Å². The van der Waals surface area contributed by atoms with Gasteiger partial charge in [-0.25, -0.2) is 15.8 Å².